The summed E-state index contributed by atoms with van der Waals surface area (Å²) in [5.41, 5.74) is -0.235. The minimum atomic E-state index is -0.711. The van der Waals surface area contributed by atoms with Gasteiger partial charge in [-0.15, -0.1) is 0 Å². The van der Waals surface area contributed by atoms with Gasteiger partial charge >= 0.3 is 0 Å². The maximum Gasteiger partial charge on any atom is 0.254 e. The van der Waals surface area contributed by atoms with Gasteiger partial charge in [-0.2, -0.15) is 0 Å². The van der Waals surface area contributed by atoms with Crippen molar-refractivity contribution in [3.05, 3.63) is 33.8 Å². The molecule has 1 amide bonds. The molecule has 1 saturated carbocycles. The van der Waals surface area contributed by atoms with E-state index in [0.29, 0.717) is 0 Å². The van der Waals surface area contributed by atoms with Crippen LogP contribution in [0.2, 0.25) is 0 Å². The Hall–Kier alpha value is -0.970. The van der Waals surface area contributed by atoms with E-state index >= 15 is 0 Å². The monoisotopic (exact) mass is 317 g/mol. The van der Waals surface area contributed by atoms with Gasteiger partial charge in [0.05, 0.1) is 10.0 Å². The molecular formula is C13H14BrF2NO. The van der Waals surface area contributed by atoms with Gasteiger partial charge in [-0.25, -0.2) is 8.78 Å². The van der Waals surface area contributed by atoms with Crippen LogP contribution >= 0.6 is 15.9 Å². The number of rotatable bonds is 2. The number of hydrogen-bond acceptors (Lipinski definition) is 1. The fourth-order valence-electron chi connectivity index (χ4n) is 2.21. The smallest absolute Gasteiger partial charge is 0.254 e. The fourth-order valence-corrected chi connectivity index (χ4v) is 2.52. The molecule has 0 spiro atoms. The first-order valence-corrected chi connectivity index (χ1v) is 6.82. The lowest BCUT2D eigenvalue weighted by molar-refractivity contribution is 0.0923. The Morgan fingerprint density at radius 1 is 1.17 bits per heavy atom. The summed E-state index contributed by atoms with van der Waals surface area (Å²) in [5, 5.41) is 2.76. The Bertz CT molecular complexity index is 459. The molecule has 1 aromatic rings. The molecule has 1 fully saturated rings. The van der Waals surface area contributed by atoms with Crippen LogP contribution in [0.1, 0.15) is 42.5 Å². The summed E-state index contributed by atoms with van der Waals surface area (Å²) < 4.78 is 26.9. The molecule has 0 saturated heterocycles. The van der Waals surface area contributed by atoms with Gasteiger partial charge in [0.2, 0.25) is 0 Å². The molecule has 2 nitrogen and oxygen atoms in total. The lowest BCUT2D eigenvalue weighted by Gasteiger charge is -2.22. The Balaban J connectivity index is 2.10. The van der Waals surface area contributed by atoms with Crippen molar-refractivity contribution in [3.63, 3.8) is 0 Å². The van der Waals surface area contributed by atoms with E-state index in [-0.39, 0.29) is 16.1 Å². The van der Waals surface area contributed by atoms with Gasteiger partial charge in [-0.05, 0) is 40.9 Å². The van der Waals surface area contributed by atoms with Crippen LogP contribution in [0, 0.1) is 11.6 Å². The molecule has 0 unspecified atom stereocenters. The second kappa shape index (κ2) is 5.78. The predicted molar refractivity (Wildman–Crippen MR) is 68.4 cm³/mol. The van der Waals surface area contributed by atoms with Gasteiger partial charge in [-0.1, -0.05) is 19.3 Å². The van der Waals surface area contributed by atoms with Crippen molar-refractivity contribution in [2.45, 2.75) is 38.1 Å². The summed E-state index contributed by atoms with van der Waals surface area (Å²) in [6.45, 7) is 0. The third-order valence-electron chi connectivity index (χ3n) is 3.19. The molecular weight excluding hydrogens is 304 g/mol. The molecule has 2 rings (SSSR count). The Kier molecular flexibility index (Phi) is 4.32. The first kappa shape index (κ1) is 13.5. The first-order chi connectivity index (χ1) is 8.58. The molecule has 0 aromatic heterocycles. The van der Waals surface area contributed by atoms with Crippen molar-refractivity contribution >= 4 is 21.8 Å². The van der Waals surface area contributed by atoms with Gasteiger partial charge in [0.15, 0.2) is 0 Å². The van der Waals surface area contributed by atoms with Gasteiger partial charge in [0, 0.05) is 6.04 Å². The van der Waals surface area contributed by atoms with Crippen molar-refractivity contribution in [3.8, 4) is 0 Å². The second-order valence-electron chi connectivity index (χ2n) is 4.55. The third kappa shape index (κ3) is 3.07. The average molecular weight is 318 g/mol. The van der Waals surface area contributed by atoms with Gasteiger partial charge in [0.1, 0.15) is 11.6 Å². The lowest BCUT2D eigenvalue weighted by Crippen LogP contribution is -2.36. The summed E-state index contributed by atoms with van der Waals surface area (Å²) in [7, 11) is 0. The largest absolute Gasteiger partial charge is 0.349 e. The lowest BCUT2D eigenvalue weighted by atomic mass is 9.95. The van der Waals surface area contributed by atoms with E-state index in [1.54, 1.807) is 0 Å². The number of benzene rings is 1. The fraction of sp³-hybridized carbons (Fsp3) is 0.462. The average Bonchev–Trinajstić information content (AvgIpc) is 2.35. The Morgan fingerprint density at radius 2 is 1.83 bits per heavy atom. The van der Waals surface area contributed by atoms with E-state index in [1.165, 1.54) is 6.42 Å². The van der Waals surface area contributed by atoms with Gasteiger partial charge in [-0.3, -0.25) is 4.79 Å². The zero-order valence-corrected chi connectivity index (χ0v) is 11.4. The third-order valence-corrected chi connectivity index (χ3v) is 3.80. The van der Waals surface area contributed by atoms with Crippen molar-refractivity contribution in [1.82, 2.24) is 5.32 Å². The highest BCUT2D eigenvalue weighted by atomic mass is 79.9. The number of amides is 1. The number of hydrogen-bond donors (Lipinski definition) is 1. The SMILES string of the molecule is O=C(NC1CCCCC1)c1cc(F)c(Br)cc1F. The van der Waals surface area contributed by atoms with E-state index in [1.807, 2.05) is 0 Å². The maximum absolute atomic E-state index is 13.6. The molecule has 0 bridgehead atoms. The van der Waals surface area contributed by atoms with Crippen LogP contribution in [-0.4, -0.2) is 11.9 Å². The van der Waals surface area contributed by atoms with E-state index in [0.717, 1.165) is 37.8 Å². The van der Waals surface area contributed by atoms with Crippen molar-refractivity contribution in [2.75, 3.05) is 0 Å². The van der Waals surface area contributed by atoms with Crippen molar-refractivity contribution in [2.24, 2.45) is 0 Å². The highest BCUT2D eigenvalue weighted by Gasteiger charge is 2.20. The van der Waals surface area contributed by atoms with Crippen LogP contribution in [0.15, 0.2) is 16.6 Å². The normalized spacial score (nSPS) is 16.6. The van der Waals surface area contributed by atoms with E-state index in [2.05, 4.69) is 21.2 Å². The minimum absolute atomic E-state index is 0.0224. The molecule has 1 N–H and O–H groups in total. The van der Waals surface area contributed by atoms with E-state index in [9.17, 15) is 13.6 Å². The molecule has 18 heavy (non-hydrogen) atoms. The highest BCUT2D eigenvalue weighted by Crippen LogP contribution is 2.21. The molecule has 0 heterocycles. The van der Waals surface area contributed by atoms with Gasteiger partial charge in [0.25, 0.3) is 5.91 Å². The predicted octanol–water partition coefficient (Wildman–Crippen LogP) is 3.79. The quantitative estimate of drug-likeness (QED) is 0.826. The molecule has 1 aliphatic carbocycles. The van der Waals surface area contributed by atoms with E-state index in [4.69, 9.17) is 0 Å². The van der Waals surface area contributed by atoms with Crippen molar-refractivity contribution in [1.29, 1.82) is 0 Å². The van der Waals surface area contributed by atoms with Crippen LogP contribution in [0.5, 0.6) is 0 Å². The zero-order chi connectivity index (χ0) is 13.1. The number of carbonyl (C=O) groups is 1. The van der Waals surface area contributed by atoms with Crippen molar-refractivity contribution < 1.29 is 13.6 Å². The first-order valence-electron chi connectivity index (χ1n) is 6.03. The standard InChI is InChI=1S/C13H14BrF2NO/c14-10-7-11(15)9(6-12(10)16)13(18)17-8-4-2-1-3-5-8/h6-8H,1-5H2,(H,17,18). The molecule has 0 radical (unpaired) electrons. The topological polar surface area (TPSA) is 29.1 Å². The summed E-state index contributed by atoms with van der Waals surface area (Å²) in [6.07, 6.45) is 5.14. The van der Waals surface area contributed by atoms with Crippen LogP contribution in [0.3, 0.4) is 0 Å². The molecule has 1 aliphatic rings. The summed E-state index contributed by atoms with van der Waals surface area (Å²) >= 11 is 2.88. The summed E-state index contributed by atoms with van der Waals surface area (Å²) in [5.74, 6) is -1.88. The Morgan fingerprint density at radius 3 is 2.50 bits per heavy atom. The molecule has 1 aromatic carbocycles. The van der Waals surface area contributed by atoms with E-state index < -0.39 is 17.5 Å². The number of carbonyl (C=O) groups excluding carboxylic acids is 1. The Labute approximate surface area is 113 Å². The van der Waals surface area contributed by atoms with Crippen LogP contribution in [0.25, 0.3) is 0 Å². The number of nitrogens with one attached hydrogen (secondary N) is 1. The molecule has 0 atom stereocenters. The molecule has 5 heteroatoms. The summed E-state index contributed by atoms with van der Waals surface area (Å²) in [4.78, 5) is 11.9. The van der Waals surface area contributed by atoms with Crippen LogP contribution in [0.4, 0.5) is 8.78 Å². The maximum atomic E-state index is 13.6. The second-order valence-corrected chi connectivity index (χ2v) is 5.41. The number of halogens is 3. The molecule has 0 aliphatic heterocycles. The summed E-state index contributed by atoms with van der Waals surface area (Å²) in [6, 6.07) is 1.99. The van der Waals surface area contributed by atoms with Gasteiger partial charge < -0.3 is 5.32 Å². The highest BCUT2D eigenvalue weighted by molar-refractivity contribution is 9.10. The zero-order valence-electron chi connectivity index (χ0n) is 9.81. The van der Waals surface area contributed by atoms with Crippen LogP contribution in [-0.2, 0) is 0 Å². The van der Waals surface area contributed by atoms with Crippen LogP contribution < -0.4 is 5.32 Å². The minimum Gasteiger partial charge on any atom is -0.349 e. The molecule has 98 valence electrons.